The fourth-order valence-electron chi connectivity index (χ4n) is 5.69. The largest absolute Gasteiger partial charge is 0.462 e. The Labute approximate surface area is 390 Å². The van der Waals surface area contributed by atoms with Gasteiger partial charge in [0.25, 0.3) is 0 Å². The van der Waals surface area contributed by atoms with Gasteiger partial charge in [0.2, 0.25) is 0 Å². The fourth-order valence-corrected chi connectivity index (χ4v) is 5.69. The average molecular weight is 877 g/mol. The van der Waals surface area contributed by atoms with Crippen LogP contribution in [0.1, 0.15) is 156 Å². The molecule has 0 spiro atoms. The molecule has 0 aromatic carbocycles. The maximum absolute atomic E-state index is 12.8. The van der Waals surface area contributed by atoms with Crippen LogP contribution in [0.5, 0.6) is 0 Å². The second kappa shape index (κ2) is 50.4. The molecule has 64 heavy (non-hydrogen) atoms. The summed E-state index contributed by atoms with van der Waals surface area (Å²) in [5.74, 6) is -1.09. The van der Waals surface area contributed by atoms with E-state index in [0.717, 1.165) is 89.9 Å². The number of rotatable bonds is 40. The highest BCUT2D eigenvalue weighted by atomic mass is 16.6. The number of allylic oxidation sites excluding steroid dienone is 28. The van der Waals surface area contributed by atoms with Gasteiger partial charge in [-0.05, 0) is 83.5 Å². The SMILES string of the molecule is CC/C=C/C=C/C=C/C=C/C=C/C=C/CCCCCC(=O)OCC(COC(=O)CCC/C=C/C=C/C=C/C=C/C=C/CC)OC(=O)CCCCCCCC/C=C/C/C=C/C/C=C/CC. The van der Waals surface area contributed by atoms with E-state index in [0.29, 0.717) is 12.8 Å². The maximum atomic E-state index is 12.8. The van der Waals surface area contributed by atoms with E-state index in [-0.39, 0.29) is 50.4 Å². The highest BCUT2D eigenvalue weighted by Gasteiger charge is 2.19. The predicted octanol–water partition coefficient (Wildman–Crippen LogP) is 16.0. The highest BCUT2D eigenvalue weighted by Crippen LogP contribution is 2.12. The topological polar surface area (TPSA) is 78.9 Å². The molecule has 0 heterocycles. The van der Waals surface area contributed by atoms with Crippen molar-refractivity contribution in [2.75, 3.05) is 13.2 Å². The van der Waals surface area contributed by atoms with Crippen LogP contribution < -0.4 is 0 Å². The molecule has 0 aliphatic rings. The Morgan fingerprint density at radius 1 is 0.328 bits per heavy atom. The quantitative estimate of drug-likeness (QED) is 0.0201. The zero-order valence-corrected chi connectivity index (χ0v) is 40.0. The summed E-state index contributed by atoms with van der Waals surface area (Å²) in [6, 6.07) is 0. The van der Waals surface area contributed by atoms with E-state index < -0.39 is 6.10 Å². The van der Waals surface area contributed by atoms with Crippen molar-refractivity contribution in [3.05, 3.63) is 170 Å². The molecule has 0 aromatic rings. The smallest absolute Gasteiger partial charge is 0.306 e. The lowest BCUT2D eigenvalue weighted by molar-refractivity contribution is -0.167. The third kappa shape index (κ3) is 47.8. The van der Waals surface area contributed by atoms with E-state index in [1.807, 2.05) is 115 Å². The van der Waals surface area contributed by atoms with E-state index in [1.54, 1.807) is 0 Å². The van der Waals surface area contributed by atoms with Gasteiger partial charge in [0.05, 0.1) is 0 Å². The van der Waals surface area contributed by atoms with E-state index in [4.69, 9.17) is 14.2 Å². The summed E-state index contributed by atoms with van der Waals surface area (Å²) in [7, 11) is 0. The monoisotopic (exact) mass is 877 g/mol. The predicted molar refractivity (Wildman–Crippen MR) is 274 cm³/mol. The molecule has 1 atom stereocenters. The van der Waals surface area contributed by atoms with Gasteiger partial charge >= 0.3 is 17.9 Å². The minimum absolute atomic E-state index is 0.139. The van der Waals surface area contributed by atoms with Crippen LogP contribution in [0.25, 0.3) is 0 Å². The summed E-state index contributed by atoms with van der Waals surface area (Å²) in [6.07, 6.45) is 74.8. The lowest BCUT2D eigenvalue weighted by Gasteiger charge is -2.18. The summed E-state index contributed by atoms with van der Waals surface area (Å²) in [6.45, 7) is 6.08. The number of ether oxygens (including phenoxy) is 3. The van der Waals surface area contributed by atoms with Crippen LogP contribution in [0.15, 0.2) is 170 Å². The van der Waals surface area contributed by atoms with Crippen LogP contribution >= 0.6 is 0 Å². The fraction of sp³-hybridized carbons (Fsp3) is 0.466. The third-order valence-corrected chi connectivity index (χ3v) is 9.24. The molecule has 0 amide bonds. The Morgan fingerprint density at radius 2 is 0.656 bits per heavy atom. The van der Waals surface area contributed by atoms with Crippen molar-refractivity contribution >= 4 is 17.9 Å². The maximum Gasteiger partial charge on any atom is 0.306 e. The van der Waals surface area contributed by atoms with Gasteiger partial charge in [0, 0.05) is 19.3 Å². The Kier molecular flexibility index (Phi) is 46.3. The van der Waals surface area contributed by atoms with Crippen LogP contribution in [0, 0.1) is 0 Å². The minimum atomic E-state index is -0.841. The van der Waals surface area contributed by atoms with Gasteiger partial charge in [-0.1, -0.05) is 223 Å². The molecule has 0 aliphatic heterocycles. The molecule has 0 bridgehead atoms. The summed E-state index contributed by atoms with van der Waals surface area (Å²) in [5.41, 5.74) is 0. The second-order valence-electron chi connectivity index (χ2n) is 15.1. The van der Waals surface area contributed by atoms with Crippen LogP contribution in [-0.4, -0.2) is 37.2 Å². The van der Waals surface area contributed by atoms with Crippen molar-refractivity contribution in [3.63, 3.8) is 0 Å². The Hall–Kier alpha value is -5.23. The Bertz CT molecular complexity index is 1570. The first-order valence-corrected chi connectivity index (χ1v) is 24.3. The number of carbonyl (C=O) groups is 3. The number of hydrogen-bond acceptors (Lipinski definition) is 6. The van der Waals surface area contributed by atoms with E-state index in [9.17, 15) is 14.4 Å². The minimum Gasteiger partial charge on any atom is -0.462 e. The molecule has 0 saturated carbocycles. The molecule has 0 fully saturated rings. The highest BCUT2D eigenvalue weighted by molar-refractivity contribution is 5.71. The first-order valence-electron chi connectivity index (χ1n) is 24.3. The van der Waals surface area contributed by atoms with E-state index >= 15 is 0 Å². The molecule has 352 valence electrons. The van der Waals surface area contributed by atoms with Crippen LogP contribution in [-0.2, 0) is 28.6 Å². The van der Waals surface area contributed by atoms with E-state index in [2.05, 4.69) is 75.5 Å². The molecule has 6 nitrogen and oxygen atoms in total. The molecular formula is C58H84O6. The molecule has 0 rings (SSSR count). The summed E-state index contributed by atoms with van der Waals surface area (Å²) in [4.78, 5) is 37.9. The summed E-state index contributed by atoms with van der Waals surface area (Å²) in [5, 5.41) is 0. The van der Waals surface area contributed by atoms with Gasteiger partial charge in [-0.25, -0.2) is 0 Å². The van der Waals surface area contributed by atoms with Crippen molar-refractivity contribution in [1.82, 2.24) is 0 Å². The van der Waals surface area contributed by atoms with Gasteiger partial charge in [-0.2, -0.15) is 0 Å². The Balaban J connectivity index is 4.65. The molecule has 0 saturated heterocycles. The first-order chi connectivity index (χ1) is 31.5. The number of hydrogen-bond donors (Lipinski definition) is 0. The third-order valence-electron chi connectivity index (χ3n) is 9.24. The van der Waals surface area contributed by atoms with Crippen molar-refractivity contribution in [3.8, 4) is 0 Å². The summed E-state index contributed by atoms with van der Waals surface area (Å²) >= 11 is 0. The molecule has 0 aliphatic carbocycles. The lowest BCUT2D eigenvalue weighted by Crippen LogP contribution is -2.30. The standard InChI is InChI=1S/C58H84O6/c1-4-7-10-13-16-19-22-25-27-29-31-33-36-39-42-45-48-51-57(60)63-54-55(53-62-56(59)50-47-44-41-38-35-32-24-21-18-15-12-9-6-3)64-58(61)52-49-46-43-40-37-34-30-28-26-23-20-17-14-11-8-5-2/h7-13,15-22,24-29,31-33,35-36,38,41,55H,4-6,14,23,30,34,37,39-40,42-54H2,1-3H3/b10-7+,11-8+,12-9+,16-13+,18-15+,20-17+,22-19+,24-21+,27-25+,28-26+,31-29+,35-32+,36-33+,41-38+. The van der Waals surface area contributed by atoms with Gasteiger partial charge < -0.3 is 14.2 Å². The van der Waals surface area contributed by atoms with Crippen LogP contribution in [0.3, 0.4) is 0 Å². The van der Waals surface area contributed by atoms with Crippen molar-refractivity contribution in [1.29, 1.82) is 0 Å². The van der Waals surface area contributed by atoms with Gasteiger partial charge in [0.1, 0.15) is 13.2 Å². The number of unbranched alkanes of at least 4 members (excludes halogenated alkanes) is 10. The summed E-state index contributed by atoms with van der Waals surface area (Å²) < 4.78 is 16.6. The number of carbonyl (C=O) groups excluding carboxylic acids is 3. The molecule has 0 aromatic heterocycles. The van der Waals surface area contributed by atoms with E-state index in [1.165, 1.54) is 12.8 Å². The molecular weight excluding hydrogens is 793 g/mol. The van der Waals surface area contributed by atoms with Crippen molar-refractivity contribution in [2.45, 2.75) is 162 Å². The zero-order chi connectivity index (χ0) is 46.5. The molecule has 0 N–H and O–H groups in total. The van der Waals surface area contributed by atoms with Crippen LogP contribution in [0.4, 0.5) is 0 Å². The van der Waals surface area contributed by atoms with Gasteiger partial charge in [-0.15, -0.1) is 0 Å². The number of esters is 3. The molecule has 0 radical (unpaired) electrons. The Morgan fingerprint density at radius 3 is 1.14 bits per heavy atom. The second-order valence-corrected chi connectivity index (χ2v) is 15.1. The first kappa shape index (κ1) is 58.8. The van der Waals surface area contributed by atoms with Crippen LogP contribution in [0.2, 0.25) is 0 Å². The van der Waals surface area contributed by atoms with Crippen molar-refractivity contribution in [2.24, 2.45) is 0 Å². The zero-order valence-electron chi connectivity index (χ0n) is 40.0. The normalized spacial score (nSPS) is 13.6. The van der Waals surface area contributed by atoms with Crippen molar-refractivity contribution < 1.29 is 28.6 Å². The molecule has 1 unspecified atom stereocenters. The van der Waals surface area contributed by atoms with Gasteiger partial charge in [0.15, 0.2) is 6.10 Å². The molecule has 6 heteroatoms. The lowest BCUT2D eigenvalue weighted by atomic mass is 10.1. The van der Waals surface area contributed by atoms with Gasteiger partial charge in [-0.3, -0.25) is 14.4 Å². The average Bonchev–Trinajstić information content (AvgIpc) is 3.29.